The maximum atomic E-state index is 10.4. The van der Waals surface area contributed by atoms with Crippen LogP contribution in [0, 0.1) is 0 Å². The molecule has 0 bridgehead atoms. The summed E-state index contributed by atoms with van der Waals surface area (Å²) in [6, 6.07) is 0. The second kappa shape index (κ2) is 3.66. The second-order valence-electron chi connectivity index (χ2n) is 1.22. The van der Waals surface area contributed by atoms with Crippen LogP contribution in [0.3, 0.4) is 0 Å². The summed E-state index contributed by atoms with van der Waals surface area (Å²) in [7, 11) is 0. The molecule has 0 aliphatic rings. The Morgan fingerprint density at radius 2 is 2.50 bits per heavy atom. The van der Waals surface area contributed by atoms with Gasteiger partial charge in [0.2, 0.25) is 0 Å². The molecule has 0 aliphatic heterocycles. The van der Waals surface area contributed by atoms with E-state index in [4.69, 9.17) is 0 Å². The highest BCUT2D eigenvalue weighted by Gasteiger charge is 2.06. The van der Waals surface area contributed by atoms with E-state index in [1.165, 1.54) is 0 Å². The molecule has 0 saturated heterocycles. The van der Waals surface area contributed by atoms with E-state index in [-0.39, 0.29) is 10.8 Å². The summed E-state index contributed by atoms with van der Waals surface area (Å²) in [5.41, 5.74) is 0. The number of hydrogen-bond acceptors (Lipinski definition) is 2. The number of carbonyl (C=O) groups is 1. The van der Waals surface area contributed by atoms with Gasteiger partial charge in [-0.2, -0.15) is 0 Å². The molecule has 1 unspecified atom stereocenters. The molecule has 0 aromatic carbocycles. The van der Waals surface area contributed by atoms with Gasteiger partial charge in [0.05, 0.1) is 6.26 Å². The van der Waals surface area contributed by atoms with Crippen molar-refractivity contribution in [1.82, 2.24) is 0 Å². The Morgan fingerprint density at radius 1 is 2.00 bits per heavy atom. The van der Waals surface area contributed by atoms with Crippen molar-refractivity contribution in [3.63, 3.8) is 0 Å². The molecule has 0 heterocycles. The van der Waals surface area contributed by atoms with Gasteiger partial charge in [-0.15, -0.1) is 0 Å². The fourth-order valence-electron chi connectivity index (χ4n) is 0.176. The summed E-state index contributed by atoms with van der Waals surface area (Å²) in [5.74, 6) is -0.319. The third-order valence-corrected chi connectivity index (χ3v) is 0.898. The van der Waals surface area contributed by atoms with Gasteiger partial charge < -0.3 is 4.74 Å². The third kappa shape index (κ3) is 2.80. The van der Waals surface area contributed by atoms with Crippen LogP contribution < -0.4 is 0 Å². The summed E-state index contributed by atoms with van der Waals surface area (Å²) in [4.78, 5) is 10.2. The van der Waals surface area contributed by atoms with E-state index in [0.29, 0.717) is 0 Å². The molecule has 0 radical (unpaired) electrons. The minimum Gasteiger partial charge on any atom is -0.434 e. The highest BCUT2D eigenvalue weighted by molar-refractivity contribution is 9.10. The average Bonchev–Trinajstić information content (AvgIpc) is 1.67. The normalized spacial score (nSPS) is 12.2. The summed E-state index contributed by atoms with van der Waals surface area (Å²) in [6.07, 6.45) is 1.11. The first-order valence-corrected chi connectivity index (χ1v) is 3.05. The van der Waals surface area contributed by atoms with Crippen LogP contribution in [0.25, 0.3) is 0 Å². The van der Waals surface area contributed by atoms with E-state index < -0.39 is 0 Å². The van der Waals surface area contributed by atoms with Crippen LogP contribution in [0.2, 0.25) is 0 Å². The number of ether oxygens (including phenoxy) is 1. The molecule has 46 valence electrons. The van der Waals surface area contributed by atoms with Gasteiger partial charge in [-0.1, -0.05) is 22.5 Å². The highest BCUT2D eigenvalue weighted by Crippen LogP contribution is 1.98. The molecule has 0 spiro atoms. The maximum absolute atomic E-state index is 10.4. The van der Waals surface area contributed by atoms with Gasteiger partial charge in [0, 0.05) is 0 Å². The van der Waals surface area contributed by atoms with Crippen LogP contribution in [0.15, 0.2) is 12.8 Å². The van der Waals surface area contributed by atoms with Crippen LogP contribution >= 0.6 is 15.9 Å². The number of esters is 1. The third-order valence-electron chi connectivity index (χ3n) is 0.524. The topological polar surface area (TPSA) is 26.3 Å². The standard InChI is InChI=1S/C5H7BrO2/c1-3-8-5(7)4(2)6/h3-4H,1H2,2H3. The van der Waals surface area contributed by atoms with Crippen molar-refractivity contribution in [3.05, 3.63) is 12.8 Å². The Morgan fingerprint density at radius 3 is 2.62 bits per heavy atom. The monoisotopic (exact) mass is 178 g/mol. The Balaban J connectivity index is 3.48. The van der Waals surface area contributed by atoms with Gasteiger partial charge in [0.25, 0.3) is 0 Å². The fourth-order valence-corrected chi connectivity index (χ4v) is 0.284. The van der Waals surface area contributed by atoms with E-state index in [9.17, 15) is 4.79 Å². The van der Waals surface area contributed by atoms with Crippen LogP contribution in [-0.2, 0) is 9.53 Å². The molecule has 0 aliphatic carbocycles. The van der Waals surface area contributed by atoms with Crippen LogP contribution in [0.1, 0.15) is 6.92 Å². The van der Waals surface area contributed by atoms with Gasteiger partial charge in [-0.25, -0.2) is 0 Å². The first-order chi connectivity index (χ1) is 3.68. The second-order valence-corrected chi connectivity index (χ2v) is 2.59. The van der Waals surface area contributed by atoms with Crippen molar-refractivity contribution in [1.29, 1.82) is 0 Å². The van der Waals surface area contributed by atoms with Crippen LogP contribution in [0.5, 0.6) is 0 Å². The molecule has 1 atom stereocenters. The molecule has 0 rings (SSSR count). The van der Waals surface area contributed by atoms with Crippen molar-refractivity contribution in [2.45, 2.75) is 11.8 Å². The van der Waals surface area contributed by atoms with E-state index in [1.807, 2.05) is 0 Å². The lowest BCUT2D eigenvalue weighted by Gasteiger charge is -1.97. The predicted octanol–water partition coefficient (Wildman–Crippen LogP) is 1.46. The summed E-state index contributed by atoms with van der Waals surface area (Å²) >= 11 is 3.02. The Labute approximate surface area is 56.7 Å². The van der Waals surface area contributed by atoms with Gasteiger partial charge in [0.1, 0.15) is 4.83 Å². The van der Waals surface area contributed by atoms with Crippen LogP contribution in [0.4, 0.5) is 0 Å². The zero-order chi connectivity index (χ0) is 6.57. The zero-order valence-electron chi connectivity index (χ0n) is 4.56. The maximum Gasteiger partial charge on any atom is 0.324 e. The van der Waals surface area contributed by atoms with Crippen molar-refractivity contribution in [3.8, 4) is 0 Å². The molecule has 0 fully saturated rings. The van der Waals surface area contributed by atoms with E-state index >= 15 is 0 Å². The lowest BCUT2D eigenvalue weighted by molar-refractivity contribution is -0.136. The minimum absolute atomic E-state index is 0.250. The van der Waals surface area contributed by atoms with E-state index in [0.717, 1.165) is 6.26 Å². The first kappa shape index (κ1) is 7.69. The zero-order valence-corrected chi connectivity index (χ0v) is 6.14. The Kier molecular flexibility index (Phi) is 3.52. The number of rotatable bonds is 2. The lowest BCUT2D eigenvalue weighted by atomic mass is 10.5. The molecule has 0 amide bonds. The van der Waals surface area contributed by atoms with E-state index in [1.54, 1.807) is 6.92 Å². The lowest BCUT2D eigenvalue weighted by Crippen LogP contribution is -2.09. The molecule has 0 N–H and O–H groups in total. The van der Waals surface area contributed by atoms with E-state index in [2.05, 4.69) is 27.2 Å². The molecular formula is C5H7BrO2. The SMILES string of the molecule is C=COC(=O)C(C)Br. The number of halogens is 1. The minimum atomic E-state index is -0.319. The van der Waals surface area contributed by atoms with Gasteiger partial charge in [0.15, 0.2) is 0 Å². The summed E-state index contributed by atoms with van der Waals surface area (Å²) < 4.78 is 4.38. The largest absolute Gasteiger partial charge is 0.434 e. The molecule has 8 heavy (non-hydrogen) atoms. The van der Waals surface area contributed by atoms with Gasteiger partial charge in [-0.05, 0) is 6.92 Å². The number of carbonyl (C=O) groups excluding carboxylic acids is 1. The molecule has 3 heteroatoms. The highest BCUT2D eigenvalue weighted by atomic mass is 79.9. The number of alkyl halides is 1. The Hall–Kier alpha value is -0.310. The number of hydrogen-bond donors (Lipinski definition) is 0. The fraction of sp³-hybridized carbons (Fsp3) is 0.400. The molecular weight excluding hydrogens is 172 g/mol. The van der Waals surface area contributed by atoms with Crippen molar-refractivity contribution >= 4 is 21.9 Å². The Bertz CT molecular complexity index is 98.6. The van der Waals surface area contributed by atoms with Crippen molar-refractivity contribution < 1.29 is 9.53 Å². The molecule has 0 aromatic rings. The van der Waals surface area contributed by atoms with Gasteiger partial charge in [-0.3, -0.25) is 4.79 Å². The summed E-state index contributed by atoms with van der Waals surface area (Å²) in [6.45, 7) is 4.91. The smallest absolute Gasteiger partial charge is 0.324 e. The molecule has 0 saturated carbocycles. The van der Waals surface area contributed by atoms with Crippen molar-refractivity contribution in [2.24, 2.45) is 0 Å². The molecule has 2 nitrogen and oxygen atoms in total. The van der Waals surface area contributed by atoms with Crippen LogP contribution in [-0.4, -0.2) is 10.8 Å². The summed E-state index contributed by atoms with van der Waals surface area (Å²) in [5, 5.41) is 0. The predicted molar refractivity (Wildman–Crippen MR) is 34.7 cm³/mol. The first-order valence-electron chi connectivity index (χ1n) is 2.14. The quantitative estimate of drug-likeness (QED) is 0.364. The van der Waals surface area contributed by atoms with Crippen molar-refractivity contribution in [2.75, 3.05) is 0 Å². The van der Waals surface area contributed by atoms with Gasteiger partial charge >= 0.3 is 5.97 Å². The average molecular weight is 179 g/mol. The molecule has 0 aromatic heterocycles.